The molecule has 3 N–H and O–H groups in total. The first-order valence-electron chi connectivity index (χ1n) is 6.53. The Hall–Kier alpha value is -3.26. The lowest BCUT2D eigenvalue weighted by atomic mass is 10.1. The standard InChI is InChI=1S/C17H14N2O3/c18-17(21)14-7-5-13(6-8-14)3-1-11-19-16(20)10-9-15-4-2-12-22-15/h2,4-10,12H,11H2,(H2,18,21)(H,19,20)/b10-9+. The summed E-state index contributed by atoms with van der Waals surface area (Å²) >= 11 is 0. The Morgan fingerprint density at radius 2 is 2.00 bits per heavy atom. The first-order valence-corrected chi connectivity index (χ1v) is 6.53. The van der Waals surface area contributed by atoms with Crippen LogP contribution in [0.5, 0.6) is 0 Å². The number of nitrogens with one attached hydrogen (secondary N) is 1. The molecule has 0 aliphatic heterocycles. The molecule has 0 aliphatic carbocycles. The number of rotatable bonds is 4. The number of carbonyl (C=O) groups is 2. The normalized spacial score (nSPS) is 10.0. The number of hydrogen-bond acceptors (Lipinski definition) is 3. The molecule has 0 saturated carbocycles. The third kappa shape index (κ3) is 4.69. The van der Waals surface area contributed by atoms with Crippen LogP contribution in [0.25, 0.3) is 6.08 Å². The molecule has 1 aromatic heterocycles. The average molecular weight is 294 g/mol. The Kier molecular flexibility index (Phi) is 5.16. The van der Waals surface area contributed by atoms with Gasteiger partial charge in [0.2, 0.25) is 11.8 Å². The Labute approximate surface area is 127 Å². The van der Waals surface area contributed by atoms with Gasteiger partial charge in [-0.15, -0.1) is 0 Å². The van der Waals surface area contributed by atoms with E-state index < -0.39 is 5.91 Å². The average Bonchev–Trinajstić information content (AvgIpc) is 3.03. The van der Waals surface area contributed by atoms with E-state index in [1.54, 1.807) is 42.5 Å². The number of primary amides is 1. The van der Waals surface area contributed by atoms with Crippen LogP contribution in [0.1, 0.15) is 21.7 Å². The SMILES string of the molecule is NC(=O)c1ccc(C#CCNC(=O)/C=C/c2ccco2)cc1. The minimum atomic E-state index is -0.477. The second kappa shape index (κ2) is 7.50. The molecule has 0 atom stereocenters. The van der Waals surface area contributed by atoms with Crippen LogP contribution in [0.3, 0.4) is 0 Å². The number of amides is 2. The second-order valence-corrected chi connectivity index (χ2v) is 4.31. The highest BCUT2D eigenvalue weighted by atomic mass is 16.3. The van der Waals surface area contributed by atoms with E-state index in [9.17, 15) is 9.59 Å². The summed E-state index contributed by atoms with van der Waals surface area (Å²) in [6.45, 7) is 0.221. The molecule has 0 fully saturated rings. The van der Waals surface area contributed by atoms with Crippen LogP contribution < -0.4 is 11.1 Å². The molecular weight excluding hydrogens is 280 g/mol. The summed E-state index contributed by atoms with van der Waals surface area (Å²) in [4.78, 5) is 22.4. The lowest BCUT2D eigenvalue weighted by molar-refractivity contribution is -0.116. The largest absolute Gasteiger partial charge is 0.465 e. The quantitative estimate of drug-likeness (QED) is 0.663. The third-order valence-corrected chi connectivity index (χ3v) is 2.70. The summed E-state index contributed by atoms with van der Waals surface area (Å²) in [7, 11) is 0. The molecule has 1 aromatic carbocycles. The maximum atomic E-state index is 11.5. The smallest absolute Gasteiger partial charge is 0.248 e. The summed E-state index contributed by atoms with van der Waals surface area (Å²) in [6.07, 6.45) is 4.49. The summed E-state index contributed by atoms with van der Waals surface area (Å²) in [6, 6.07) is 10.1. The van der Waals surface area contributed by atoms with Gasteiger partial charge in [0.25, 0.3) is 0 Å². The molecule has 0 saturated heterocycles. The summed E-state index contributed by atoms with van der Waals surface area (Å²) in [5.41, 5.74) is 6.32. The molecule has 0 unspecified atom stereocenters. The van der Waals surface area contributed by atoms with Gasteiger partial charge in [0.15, 0.2) is 0 Å². The highest BCUT2D eigenvalue weighted by Gasteiger charge is 1.98. The molecule has 22 heavy (non-hydrogen) atoms. The molecule has 2 rings (SSSR count). The van der Waals surface area contributed by atoms with E-state index in [4.69, 9.17) is 10.2 Å². The van der Waals surface area contributed by atoms with E-state index in [1.807, 2.05) is 0 Å². The highest BCUT2D eigenvalue weighted by molar-refractivity contribution is 5.93. The highest BCUT2D eigenvalue weighted by Crippen LogP contribution is 2.02. The maximum Gasteiger partial charge on any atom is 0.248 e. The fourth-order valence-electron chi connectivity index (χ4n) is 1.60. The maximum absolute atomic E-state index is 11.5. The van der Waals surface area contributed by atoms with Crippen molar-refractivity contribution in [3.05, 3.63) is 65.6 Å². The molecule has 5 heteroatoms. The van der Waals surface area contributed by atoms with Crippen molar-refractivity contribution in [2.24, 2.45) is 5.73 Å². The van der Waals surface area contributed by atoms with Crippen LogP contribution in [0, 0.1) is 11.8 Å². The van der Waals surface area contributed by atoms with E-state index >= 15 is 0 Å². The second-order valence-electron chi connectivity index (χ2n) is 4.31. The monoisotopic (exact) mass is 294 g/mol. The summed E-state index contributed by atoms with van der Waals surface area (Å²) in [5.74, 6) is 5.57. The Bertz CT molecular complexity index is 732. The van der Waals surface area contributed by atoms with Gasteiger partial charge in [-0.2, -0.15) is 0 Å². The van der Waals surface area contributed by atoms with Crippen LogP contribution in [0.15, 0.2) is 53.2 Å². The van der Waals surface area contributed by atoms with Crippen molar-refractivity contribution in [1.82, 2.24) is 5.32 Å². The molecule has 2 amide bonds. The van der Waals surface area contributed by atoms with Crippen molar-refractivity contribution in [2.75, 3.05) is 6.54 Å². The molecule has 5 nitrogen and oxygen atoms in total. The number of benzene rings is 1. The van der Waals surface area contributed by atoms with Crippen LogP contribution in [-0.2, 0) is 4.79 Å². The number of furan rings is 1. The number of hydrogen-bond donors (Lipinski definition) is 2. The van der Waals surface area contributed by atoms with Crippen LogP contribution in [-0.4, -0.2) is 18.4 Å². The minimum Gasteiger partial charge on any atom is -0.465 e. The predicted molar refractivity (Wildman–Crippen MR) is 82.6 cm³/mol. The van der Waals surface area contributed by atoms with Gasteiger partial charge in [-0.05, 0) is 42.5 Å². The van der Waals surface area contributed by atoms with Gasteiger partial charge in [-0.25, -0.2) is 0 Å². The Morgan fingerprint density at radius 1 is 1.23 bits per heavy atom. The molecule has 0 spiro atoms. The molecule has 0 bridgehead atoms. The molecule has 1 heterocycles. The van der Waals surface area contributed by atoms with Crippen LogP contribution in [0.4, 0.5) is 0 Å². The Balaban J connectivity index is 1.81. The van der Waals surface area contributed by atoms with Gasteiger partial charge in [-0.3, -0.25) is 9.59 Å². The predicted octanol–water partition coefficient (Wildman–Crippen LogP) is 1.56. The van der Waals surface area contributed by atoms with Gasteiger partial charge < -0.3 is 15.5 Å². The number of carbonyl (C=O) groups excluding carboxylic acids is 2. The molecular formula is C17H14N2O3. The lowest BCUT2D eigenvalue weighted by Gasteiger charge is -1.95. The topological polar surface area (TPSA) is 85.3 Å². The van der Waals surface area contributed by atoms with Crippen molar-refractivity contribution in [3.8, 4) is 11.8 Å². The van der Waals surface area contributed by atoms with Crippen molar-refractivity contribution in [3.63, 3.8) is 0 Å². The first-order chi connectivity index (χ1) is 10.6. The van der Waals surface area contributed by atoms with E-state index in [0.29, 0.717) is 11.3 Å². The van der Waals surface area contributed by atoms with Gasteiger partial charge in [-0.1, -0.05) is 11.8 Å². The summed E-state index contributed by atoms with van der Waals surface area (Å²) in [5, 5.41) is 2.63. The zero-order valence-corrected chi connectivity index (χ0v) is 11.7. The molecule has 0 aliphatic rings. The fraction of sp³-hybridized carbons (Fsp3) is 0.0588. The van der Waals surface area contributed by atoms with Crippen LogP contribution in [0.2, 0.25) is 0 Å². The van der Waals surface area contributed by atoms with E-state index in [2.05, 4.69) is 17.2 Å². The van der Waals surface area contributed by atoms with Gasteiger partial charge >= 0.3 is 0 Å². The van der Waals surface area contributed by atoms with Gasteiger partial charge in [0, 0.05) is 17.2 Å². The third-order valence-electron chi connectivity index (χ3n) is 2.70. The zero-order chi connectivity index (χ0) is 15.8. The van der Waals surface area contributed by atoms with E-state index in [1.165, 1.54) is 12.3 Å². The molecule has 110 valence electrons. The van der Waals surface area contributed by atoms with Crippen molar-refractivity contribution in [1.29, 1.82) is 0 Å². The lowest BCUT2D eigenvalue weighted by Crippen LogP contribution is -2.20. The number of nitrogens with two attached hydrogens (primary N) is 1. The summed E-state index contributed by atoms with van der Waals surface area (Å²) < 4.78 is 5.07. The minimum absolute atomic E-state index is 0.221. The van der Waals surface area contributed by atoms with Crippen molar-refractivity contribution < 1.29 is 14.0 Å². The van der Waals surface area contributed by atoms with E-state index in [-0.39, 0.29) is 12.5 Å². The molecule has 0 radical (unpaired) electrons. The van der Waals surface area contributed by atoms with E-state index in [0.717, 1.165) is 5.56 Å². The van der Waals surface area contributed by atoms with Gasteiger partial charge in [0.1, 0.15) is 5.76 Å². The Morgan fingerprint density at radius 3 is 2.64 bits per heavy atom. The fourth-order valence-corrected chi connectivity index (χ4v) is 1.60. The van der Waals surface area contributed by atoms with Crippen LogP contribution >= 0.6 is 0 Å². The van der Waals surface area contributed by atoms with Gasteiger partial charge in [0.05, 0.1) is 12.8 Å². The van der Waals surface area contributed by atoms with Crippen molar-refractivity contribution in [2.45, 2.75) is 0 Å². The zero-order valence-electron chi connectivity index (χ0n) is 11.7. The molecule has 2 aromatic rings. The van der Waals surface area contributed by atoms with Crippen molar-refractivity contribution >= 4 is 17.9 Å². The first kappa shape index (κ1) is 15.1.